The molecule has 184 valence electrons. The SMILES string of the molecule is COC(=O)c1cc(NC(=O)[C@@H]2CC(=O)NC(=Nc3cc(OC)ccc3OC)S2)cc(C(=O)OC)c1. The molecule has 2 amide bonds. The predicted octanol–water partition coefficient (Wildman–Crippen LogP) is 2.52. The van der Waals surface area contributed by atoms with Crippen LogP contribution >= 0.6 is 11.8 Å². The second-order valence-electron chi connectivity index (χ2n) is 7.08. The summed E-state index contributed by atoms with van der Waals surface area (Å²) in [6, 6.07) is 9.03. The molecular weight excluding hydrogens is 478 g/mol. The van der Waals surface area contributed by atoms with Crippen LogP contribution in [0.4, 0.5) is 11.4 Å². The number of thioether (sulfide) groups is 1. The maximum absolute atomic E-state index is 13.0. The molecule has 1 saturated heterocycles. The number of anilines is 1. The van der Waals surface area contributed by atoms with Crippen LogP contribution in [0.25, 0.3) is 0 Å². The van der Waals surface area contributed by atoms with Crippen LogP contribution in [0.2, 0.25) is 0 Å². The number of carbonyl (C=O) groups excluding carboxylic acids is 4. The van der Waals surface area contributed by atoms with Gasteiger partial charge in [-0.2, -0.15) is 0 Å². The molecule has 2 aromatic rings. The summed E-state index contributed by atoms with van der Waals surface area (Å²) < 4.78 is 19.9. The number of nitrogens with zero attached hydrogens (tertiary/aromatic N) is 1. The smallest absolute Gasteiger partial charge is 0.337 e. The number of amidine groups is 1. The quantitative estimate of drug-likeness (QED) is 0.547. The van der Waals surface area contributed by atoms with Crippen LogP contribution in [-0.4, -0.2) is 62.6 Å². The first-order valence-electron chi connectivity index (χ1n) is 10.2. The molecule has 35 heavy (non-hydrogen) atoms. The van der Waals surface area contributed by atoms with Crippen LogP contribution in [0.5, 0.6) is 11.5 Å². The van der Waals surface area contributed by atoms with E-state index < -0.39 is 29.0 Å². The van der Waals surface area contributed by atoms with Crippen molar-refractivity contribution in [1.82, 2.24) is 5.32 Å². The minimum absolute atomic E-state index is 0.0483. The van der Waals surface area contributed by atoms with Crippen LogP contribution in [0.15, 0.2) is 41.4 Å². The van der Waals surface area contributed by atoms with E-state index in [1.807, 2.05) is 0 Å². The number of hydrogen-bond donors (Lipinski definition) is 2. The van der Waals surface area contributed by atoms with E-state index >= 15 is 0 Å². The Kier molecular flexibility index (Phi) is 8.31. The molecule has 1 aliphatic rings. The van der Waals surface area contributed by atoms with Gasteiger partial charge in [-0.15, -0.1) is 0 Å². The molecule has 2 N–H and O–H groups in total. The Morgan fingerprint density at radius 2 is 1.63 bits per heavy atom. The second kappa shape index (κ2) is 11.4. The summed E-state index contributed by atoms with van der Waals surface area (Å²) in [5.74, 6) is -1.32. The van der Waals surface area contributed by atoms with Crippen LogP contribution in [-0.2, 0) is 19.1 Å². The number of nitrogens with one attached hydrogen (secondary N) is 2. The van der Waals surface area contributed by atoms with Crippen LogP contribution in [0.3, 0.4) is 0 Å². The lowest BCUT2D eigenvalue weighted by Crippen LogP contribution is -2.41. The highest BCUT2D eigenvalue weighted by Crippen LogP contribution is 2.33. The Morgan fingerprint density at radius 1 is 0.971 bits per heavy atom. The monoisotopic (exact) mass is 501 g/mol. The van der Waals surface area contributed by atoms with Gasteiger partial charge in [0.1, 0.15) is 22.4 Å². The topological polar surface area (TPSA) is 142 Å². The van der Waals surface area contributed by atoms with Crippen molar-refractivity contribution in [1.29, 1.82) is 0 Å². The molecule has 0 spiro atoms. The number of methoxy groups -OCH3 is 4. The fraction of sp³-hybridized carbons (Fsp3) is 0.261. The highest BCUT2D eigenvalue weighted by Gasteiger charge is 2.31. The van der Waals surface area contributed by atoms with Gasteiger partial charge in [0.2, 0.25) is 11.8 Å². The minimum atomic E-state index is -0.831. The molecule has 0 unspecified atom stereocenters. The molecule has 1 fully saturated rings. The van der Waals surface area contributed by atoms with E-state index in [2.05, 4.69) is 15.6 Å². The summed E-state index contributed by atoms with van der Waals surface area (Å²) in [7, 11) is 5.39. The zero-order valence-corrected chi connectivity index (χ0v) is 20.2. The summed E-state index contributed by atoms with van der Waals surface area (Å²) >= 11 is 1.05. The third-order valence-corrected chi connectivity index (χ3v) is 5.90. The third kappa shape index (κ3) is 6.29. The molecule has 3 rings (SSSR count). The molecule has 12 heteroatoms. The van der Waals surface area contributed by atoms with E-state index in [-0.39, 0.29) is 28.4 Å². The second-order valence-corrected chi connectivity index (χ2v) is 8.28. The van der Waals surface area contributed by atoms with Crippen molar-refractivity contribution < 1.29 is 38.1 Å². The molecule has 0 aromatic heterocycles. The minimum Gasteiger partial charge on any atom is -0.497 e. The summed E-state index contributed by atoms with van der Waals surface area (Å²) in [6.07, 6.45) is -0.106. The molecule has 0 aliphatic carbocycles. The zero-order chi connectivity index (χ0) is 25.5. The van der Waals surface area contributed by atoms with Gasteiger partial charge in [-0.3, -0.25) is 9.59 Å². The molecular formula is C23H23N3O8S. The first-order chi connectivity index (χ1) is 16.8. The number of amides is 2. The van der Waals surface area contributed by atoms with Crippen LogP contribution in [0, 0.1) is 0 Å². The number of ether oxygens (including phenoxy) is 4. The van der Waals surface area contributed by atoms with E-state index in [1.165, 1.54) is 46.6 Å². The molecule has 0 bridgehead atoms. The number of aliphatic imine (C=N–C) groups is 1. The van der Waals surface area contributed by atoms with Crippen molar-refractivity contribution in [3.8, 4) is 11.5 Å². The van der Waals surface area contributed by atoms with Gasteiger partial charge in [-0.1, -0.05) is 11.8 Å². The number of rotatable bonds is 7. The first-order valence-corrected chi connectivity index (χ1v) is 11.1. The van der Waals surface area contributed by atoms with Gasteiger partial charge >= 0.3 is 11.9 Å². The Morgan fingerprint density at radius 3 is 2.20 bits per heavy atom. The van der Waals surface area contributed by atoms with Gasteiger partial charge in [-0.25, -0.2) is 14.6 Å². The van der Waals surface area contributed by atoms with Crippen molar-refractivity contribution in [2.75, 3.05) is 33.8 Å². The number of carbonyl (C=O) groups is 4. The van der Waals surface area contributed by atoms with Gasteiger partial charge in [0.05, 0.1) is 39.6 Å². The lowest BCUT2D eigenvalue weighted by Gasteiger charge is -2.22. The molecule has 1 atom stereocenters. The van der Waals surface area contributed by atoms with Crippen molar-refractivity contribution in [2.24, 2.45) is 4.99 Å². The van der Waals surface area contributed by atoms with Crippen molar-refractivity contribution in [3.63, 3.8) is 0 Å². The summed E-state index contributed by atoms with van der Waals surface area (Å²) in [4.78, 5) is 53.7. The van der Waals surface area contributed by atoms with E-state index in [9.17, 15) is 19.2 Å². The zero-order valence-electron chi connectivity index (χ0n) is 19.4. The fourth-order valence-electron chi connectivity index (χ4n) is 3.13. The van der Waals surface area contributed by atoms with Gasteiger partial charge < -0.3 is 29.6 Å². The first kappa shape index (κ1) is 25.6. The maximum Gasteiger partial charge on any atom is 0.337 e. The Hall–Kier alpha value is -4.06. The highest BCUT2D eigenvalue weighted by atomic mass is 32.2. The number of hydrogen-bond acceptors (Lipinski definition) is 10. The summed E-state index contributed by atoms with van der Waals surface area (Å²) in [6.45, 7) is 0. The molecule has 2 aromatic carbocycles. The fourth-order valence-corrected chi connectivity index (χ4v) is 4.13. The standard InChI is InChI=1S/C23H23N3O8S/c1-31-15-5-6-17(32-2)16(10-15)25-23-26-19(27)11-18(35-23)20(28)24-14-8-12(21(29)33-3)7-13(9-14)22(30)34-4/h5-10,18H,11H2,1-4H3,(H,24,28)(H,25,26,27)/t18-/m0/s1. The van der Waals surface area contributed by atoms with E-state index in [4.69, 9.17) is 18.9 Å². The summed E-state index contributed by atoms with van der Waals surface area (Å²) in [5.41, 5.74) is 0.668. The maximum atomic E-state index is 13.0. The molecule has 0 radical (unpaired) electrons. The predicted molar refractivity (Wildman–Crippen MR) is 129 cm³/mol. The molecule has 1 aliphatic heterocycles. The molecule has 0 saturated carbocycles. The van der Waals surface area contributed by atoms with Crippen molar-refractivity contribution in [2.45, 2.75) is 11.7 Å². The van der Waals surface area contributed by atoms with Crippen LogP contribution < -0.4 is 20.1 Å². The van der Waals surface area contributed by atoms with Gasteiger partial charge in [0, 0.05) is 18.2 Å². The van der Waals surface area contributed by atoms with Gasteiger partial charge in [-0.05, 0) is 30.3 Å². The average Bonchev–Trinajstić information content (AvgIpc) is 2.86. The van der Waals surface area contributed by atoms with Gasteiger partial charge in [0.25, 0.3) is 0 Å². The molecule has 11 nitrogen and oxygen atoms in total. The molecule has 1 heterocycles. The Bertz CT molecular complexity index is 1160. The Labute approximate surface area is 205 Å². The van der Waals surface area contributed by atoms with Crippen molar-refractivity contribution in [3.05, 3.63) is 47.5 Å². The third-order valence-electron chi connectivity index (χ3n) is 4.81. The normalized spacial score (nSPS) is 16.2. The van der Waals surface area contributed by atoms with E-state index in [0.717, 1.165) is 11.8 Å². The number of benzene rings is 2. The lowest BCUT2D eigenvalue weighted by molar-refractivity contribution is -0.123. The number of esters is 2. The Balaban J connectivity index is 1.85. The highest BCUT2D eigenvalue weighted by molar-refractivity contribution is 8.15. The van der Waals surface area contributed by atoms with Crippen LogP contribution in [0.1, 0.15) is 27.1 Å². The average molecular weight is 502 g/mol. The van der Waals surface area contributed by atoms with E-state index in [1.54, 1.807) is 18.2 Å². The van der Waals surface area contributed by atoms with Gasteiger partial charge in [0.15, 0.2) is 5.17 Å². The lowest BCUT2D eigenvalue weighted by atomic mass is 10.1. The largest absolute Gasteiger partial charge is 0.497 e. The van der Waals surface area contributed by atoms with E-state index in [0.29, 0.717) is 17.2 Å². The summed E-state index contributed by atoms with van der Waals surface area (Å²) in [5, 5.41) is 4.65. The van der Waals surface area contributed by atoms with Crippen molar-refractivity contribution >= 4 is 52.1 Å².